The van der Waals surface area contributed by atoms with Gasteiger partial charge < -0.3 is 9.47 Å². The molecular formula is C22H24O4. The number of hydrogen-bond acceptors (Lipinski definition) is 4. The zero-order chi connectivity index (χ0) is 18.6. The Morgan fingerprint density at radius 1 is 0.962 bits per heavy atom. The predicted octanol–water partition coefficient (Wildman–Crippen LogP) is 4.37. The van der Waals surface area contributed by atoms with Gasteiger partial charge in [-0.1, -0.05) is 72.8 Å². The van der Waals surface area contributed by atoms with Gasteiger partial charge in [0, 0.05) is 6.42 Å². The molecule has 0 aromatic heterocycles. The van der Waals surface area contributed by atoms with E-state index in [1.165, 1.54) is 6.92 Å². The highest BCUT2D eigenvalue weighted by atomic mass is 16.5. The lowest BCUT2D eigenvalue weighted by Gasteiger charge is -2.15. The molecule has 2 aromatic carbocycles. The molecule has 26 heavy (non-hydrogen) atoms. The molecule has 0 fully saturated rings. The molecule has 2 aromatic rings. The Hall–Kier alpha value is -2.72. The molecule has 0 aliphatic rings. The smallest absolute Gasteiger partial charge is 0.313 e. The van der Waals surface area contributed by atoms with E-state index in [1.807, 2.05) is 72.8 Å². The normalized spacial score (nSPS) is 12.0. The largest absolute Gasteiger partial charge is 0.465 e. The standard InChI is InChI=1S/C22H24O4/c1-18(23)17-22(24)26-16-8-15-25-21(20-11-6-3-7-12-20)14-13-19-9-4-2-5-10-19/h2-7,9-14,21H,8,15-17H2,1H3/b14-13+. The van der Waals surface area contributed by atoms with Crippen LogP contribution in [0.4, 0.5) is 0 Å². The minimum Gasteiger partial charge on any atom is -0.465 e. The quantitative estimate of drug-likeness (QED) is 0.362. The molecular weight excluding hydrogens is 328 g/mol. The van der Waals surface area contributed by atoms with Crippen molar-refractivity contribution in [3.05, 3.63) is 77.9 Å². The summed E-state index contributed by atoms with van der Waals surface area (Å²) >= 11 is 0. The summed E-state index contributed by atoms with van der Waals surface area (Å²) in [6.45, 7) is 2.07. The maximum atomic E-state index is 11.3. The summed E-state index contributed by atoms with van der Waals surface area (Å²) in [7, 11) is 0. The van der Waals surface area contributed by atoms with Gasteiger partial charge in [0.1, 0.15) is 18.3 Å². The fraction of sp³-hybridized carbons (Fsp3) is 0.273. The van der Waals surface area contributed by atoms with Crippen LogP contribution in [0.1, 0.15) is 37.0 Å². The van der Waals surface area contributed by atoms with Crippen LogP contribution in [0, 0.1) is 0 Å². The molecule has 0 aliphatic heterocycles. The SMILES string of the molecule is CC(=O)CC(=O)OCCCOC(/C=C/c1ccccc1)c1ccccc1. The van der Waals surface area contributed by atoms with Gasteiger partial charge in [-0.05, 0) is 18.1 Å². The van der Waals surface area contributed by atoms with Gasteiger partial charge in [0.05, 0.1) is 13.2 Å². The van der Waals surface area contributed by atoms with Crippen molar-refractivity contribution in [2.24, 2.45) is 0 Å². The van der Waals surface area contributed by atoms with Crippen molar-refractivity contribution in [3.63, 3.8) is 0 Å². The minimum absolute atomic E-state index is 0.173. The molecule has 2 rings (SSSR count). The summed E-state index contributed by atoms with van der Waals surface area (Å²) in [5.74, 6) is -0.678. The van der Waals surface area contributed by atoms with E-state index in [4.69, 9.17) is 9.47 Å². The Morgan fingerprint density at radius 3 is 2.27 bits per heavy atom. The van der Waals surface area contributed by atoms with Crippen molar-refractivity contribution in [2.45, 2.75) is 25.9 Å². The van der Waals surface area contributed by atoms with E-state index in [1.54, 1.807) is 0 Å². The van der Waals surface area contributed by atoms with E-state index in [0.717, 1.165) is 11.1 Å². The molecule has 0 N–H and O–H groups in total. The number of carbonyl (C=O) groups excluding carboxylic acids is 2. The maximum Gasteiger partial charge on any atom is 0.313 e. The van der Waals surface area contributed by atoms with Crippen molar-refractivity contribution in [2.75, 3.05) is 13.2 Å². The number of rotatable bonds is 10. The molecule has 0 heterocycles. The van der Waals surface area contributed by atoms with Crippen molar-refractivity contribution in [3.8, 4) is 0 Å². The maximum absolute atomic E-state index is 11.3. The Balaban J connectivity index is 1.86. The van der Waals surface area contributed by atoms with E-state index in [0.29, 0.717) is 13.0 Å². The average Bonchev–Trinajstić information content (AvgIpc) is 2.65. The molecule has 0 bridgehead atoms. The first-order valence-corrected chi connectivity index (χ1v) is 8.70. The van der Waals surface area contributed by atoms with E-state index in [2.05, 4.69) is 0 Å². The number of ketones is 1. The fourth-order valence-corrected chi connectivity index (χ4v) is 2.38. The van der Waals surface area contributed by atoms with Crippen LogP contribution in [-0.2, 0) is 19.1 Å². The number of hydrogen-bond donors (Lipinski definition) is 0. The van der Waals surface area contributed by atoms with Crippen LogP contribution in [0.3, 0.4) is 0 Å². The number of carbonyl (C=O) groups is 2. The van der Waals surface area contributed by atoms with Gasteiger partial charge in [0.15, 0.2) is 0 Å². The second-order valence-electron chi connectivity index (χ2n) is 5.92. The molecule has 0 spiro atoms. The molecule has 0 saturated heterocycles. The lowest BCUT2D eigenvalue weighted by Crippen LogP contribution is -2.11. The van der Waals surface area contributed by atoms with Gasteiger partial charge in [0.25, 0.3) is 0 Å². The van der Waals surface area contributed by atoms with Crippen LogP contribution in [-0.4, -0.2) is 25.0 Å². The fourth-order valence-electron chi connectivity index (χ4n) is 2.38. The van der Waals surface area contributed by atoms with Crippen LogP contribution in [0.2, 0.25) is 0 Å². The average molecular weight is 352 g/mol. The molecule has 136 valence electrons. The van der Waals surface area contributed by atoms with E-state index in [9.17, 15) is 9.59 Å². The third-order valence-electron chi connectivity index (χ3n) is 3.63. The Kier molecular flexibility index (Phi) is 8.30. The summed E-state index contributed by atoms with van der Waals surface area (Å²) in [6, 6.07) is 20.0. The van der Waals surface area contributed by atoms with Gasteiger partial charge in [0.2, 0.25) is 0 Å². The minimum atomic E-state index is -0.485. The second-order valence-corrected chi connectivity index (χ2v) is 5.92. The zero-order valence-electron chi connectivity index (χ0n) is 15.0. The Labute approximate surface area is 154 Å². The van der Waals surface area contributed by atoms with Crippen LogP contribution in [0.15, 0.2) is 66.7 Å². The monoisotopic (exact) mass is 352 g/mol. The summed E-state index contributed by atoms with van der Waals surface area (Å²) in [5, 5.41) is 0. The summed E-state index contributed by atoms with van der Waals surface area (Å²) < 4.78 is 11.0. The molecule has 0 radical (unpaired) electrons. The third kappa shape index (κ3) is 7.45. The molecule has 0 amide bonds. The summed E-state index contributed by atoms with van der Waals surface area (Å²) in [6.07, 6.45) is 4.28. The molecule has 0 saturated carbocycles. The van der Waals surface area contributed by atoms with Crippen LogP contribution in [0.5, 0.6) is 0 Å². The Bertz CT molecular complexity index is 707. The van der Waals surface area contributed by atoms with Crippen LogP contribution < -0.4 is 0 Å². The van der Waals surface area contributed by atoms with Gasteiger partial charge in [-0.25, -0.2) is 0 Å². The van der Waals surface area contributed by atoms with Gasteiger partial charge >= 0.3 is 5.97 Å². The molecule has 4 nitrogen and oxygen atoms in total. The lowest BCUT2D eigenvalue weighted by atomic mass is 10.1. The predicted molar refractivity (Wildman–Crippen MR) is 101 cm³/mol. The highest BCUT2D eigenvalue weighted by Gasteiger charge is 2.09. The zero-order valence-corrected chi connectivity index (χ0v) is 15.0. The first-order valence-electron chi connectivity index (χ1n) is 8.70. The van der Waals surface area contributed by atoms with Crippen molar-refractivity contribution in [1.29, 1.82) is 0 Å². The number of benzene rings is 2. The Morgan fingerprint density at radius 2 is 1.62 bits per heavy atom. The van der Waals surface area contributed by atoms with Crippen LogP contribution in [0.25, 0.3) is 6.08 Å². The first-order chi connectivity index (χ1) is 12.6. The van der Waals surface area contributed by atoms with Crippen molar-refractivity contribution in [1.82, 2.24) is 0 Å². The topological polar surface area (TPSA) is 52.6 Å². The second kappa shape index (κ2) is 11.0. The van der Waals surface area contributed by atoms with Gasteiger partial charge in [-0.2, -0.15) is 0 Å². The lowest BCUT2D eigenvalue weighted by molar-refractivity contribution is -0.146. The highest BCUT2D eigenvalue weighted by Crippen LogP contribution is 2.20. The van der Waals surface area contributed by atoms with Crippen molar-refractivity contribution >= 4 is 17.8 Å². The molecule has 1 unspecified atom stereocenters. The highest BCUT2D eigenvalue weighted by molar-refractivity contribution is 5.94. The number of esters is 1. The van der Waals surface area contributed by atoms with E-state index in [-0.39, 0.29) is 24.9 Å². The van der Waals surface area contributed by atoms with E-state index < -0.39 is 5.97 Å². The van der Waals surface area contributed by atoms with Gasteiger partial charge in [-0.3, -0.25) is 9.59 Å². The summed E-state index contributed by atoms with van der Waals surface area (Å²) in [5.41, 5.74) is 2.17. The van der Waals surface area contributed by atoms with Crippen LogP contribution >= 0.6 is 0 Å². The van der Waals surface area contributed by atoms with Gasteiger partial charge in [-0.15, -0.1) is 0 Å². The summed E-state index contributed by atoms with van der Waals surface area (Å²) in [4.78, 5) is 22.2. The van der Waals surface area contributed by atoms with E-state index >= 15 is 0 Å². The van der Waals surface area contributed by atoms with Crippen molar-refractivity contribution < 1.29 is 19.1 Å². The molecule has 1 atom stereocenters. The third-order valence-corrected chi connectivity index (χ3v) is 3.63. The number of Topliss-reactive ketones (excluding diaryl/α,β-unsaturated/α-hetero) is 1. The molecule has 0 aliphatic carbocycles. The number of ether oxygens (including phenoxy) is 2. The molecule has 4 heteroatoms. The first kappa shape index (κ1) is 19.6.